The molecule has 1 aliphatic heterocycles. The molecule has 150 valence electrons. The third-order valence-electron chi connectivity index (χ3n) is 5.49. The SMILES string of the molecule is O=C(Cc1cccc(F)c1)N1CCC(O)(Cn2cnc3ccccc3c2=O)CC1. The van der Waals surface area contributed by atoms with Crippen LogP contribution in [0, 0.1) is 5.82 Å². The molecule has 2 aromatic carbocycles. The number of carbonyl (C=O) groups excluding carboxylic acids is 1. The van der Waals surface area contributed by atoms with Gasteiger partial charge in [0.2, 0.25) is 5.91 Å². The van der Waals surface area contributed by atoms with E-state index in [-0.39, 0.29) is 30.2 Å². The molecule has 3 aromatic rings. The van der Waals surface area contributed by atoms with E-state index in [1.807, 2.05) is 6.07 Å². The molecule has 0 saturated carbocycles. The average molecular weight is 395 g/mol. The van der Waals surface area contributed by atoms with E-state index in [1.165, 1.54) is 23.0 Å². The van der Waals surface area contributed by atoms with Crippen LogP contribution in [0.3, 0.4) is 0 Å². The quantitative estimate of drug-likeness (QED) is 0.734. The third-order valence-corrected chi connectivity index (χ3v) is 5.49. The summed E-state index contributed by atoms with van der Waals surface area (Å²) in [6.45, 7) is 0.913. The number of carbonyl (C=O) groups is 1. The zero-order valence-corrected chi connectivity index (χ0v) is 15.9. The Labute approximate surface area is 167 Å². The summed E-state index contributed by atoms with van der Waals surface area (Å²) >= 11 is 0. The van der Waals surface area contributed by atoms with Crippen molar-refractivity contribution in [3.8, 4) is 0 Å². The molecule has 1 aliphatic rings. The van der Waals surface area contributed by atoms with Gasteiger partial charge < -0.3 is 10.0 Å². The maximum atomic E-state index is 13.3. The van der Waals surface area contributed by atoms with Gasteiger partial charge in [0.05, 0.1) is 35.8 Å². The highest BCUT2D eigenvalue weighted by Gasteiger charge is 2.34. The number of aliphatic hydroxyl groups is 1. The summed E-state index contributed by atoms with van der Waals surface area (Å²) in [5.74, 6) is -0.458. The molecule has 1 fully saturated rings. The molecule has 0 spiro atoms. The number of hydrogen-bond acceptors (Lipinski definition) is 4. The molecule has 29 heavy (non-hydrogen) atoms. The van der Waals surface area contributed by atoms with Gasteiger partial charge in [-0.2, -0.15) is 0 Å². The van der Waals surface area contributed by atoms with Crippen LogP contribution in [0.1, 0.15) is 18.4 Å². The topological polar surface area (TPSA) is 75.4 Å². The first-order valence-electron chi connectivity index (χ1n) is 9.62. The number of para-hydroxylation sites is 1. The monoisotopic (exact) mass is 395 g/mol. The molecule has 0 radical (unpaired) electrons. The van der Waals surface area contributed by atoms with Crippen molar-refractivity contribution in [3.63, 3.8) is 0 Å². The number of hydrogen-bond donors (Lipinski definition) is 1. The van der Waals surface area contributed by atoms with Crippen LogP contribution in [0.5, 0.6) is 0 Å². The highest BCUT2D eigenvalue weighted by atomic mass is 19.1. The van der Waals surface area contributed by atoms with Crippen LogP contribution in [0.4, 0.5) is 4.39 Å². The van der Waals surface area contributed by atoms with Crippen molar-refractivity contribution in [2.24, 2.45) is 0 Å². The molecule has 7 heteroatoms. The molecule has 1 N–H and O–H groups in total. The molecule has 0 atom stereocenters. The van der Waals surface area contributed by atoms with Gasteiger partial charge in [-0.15, -0.1) is 0 Å². The van der Waals surface area contributed by atoms with Crippen molar-refractivity contribution in [1.82, 2.24) is 14.5 Å². The van der Waals surface area contributed by atoms with E-state index in [4.69, 9.17) is 0 Å². The fourth-order valence-corrected chi connectivity index (χ4v) is 3.80. The van der Waals surface area contributed by atoms with Crippen LogP contribution >= 0.6 is 0 Å². The minimum atomic E-state index is -1.08. The highest BCUT2D eigenvalue weighted by Crippen LogP contribution is 2.24. The first kappa shape index (κ1) is 19.3. The lowest BCUT2D eigenvalue weighted by Crippen LogP contribution is -2.50. The lowest BCUT2D eigenvalue weighted by molar-refractivity contribution is -0.135. The molecular formula is C22H22FN3O3. The van der Waals surface area contributed by atoms with Crippen LogP contribution in [0.25, 0.3) is 10.9 Å². The zero-order valence-electron chi connectivity index (χ0n) is 15.9. The molecule has 1 amide bonds. The van der Waals surface area contributed by atoms with Crippen molar-refractivity contribution < 1.29 is 14.3 Å². The number of likely N-dealkylation sites (tertiary alicyclic amines) is 1. The minimum Gasteiger partial charge on any atom is -0.388 e. The summed E-state index contributed by atoms with van der Waals surface area (Å²) in [6.07, 6.45) is 2.32. The maximum Gasteiger partial charge on any atom is 0.261 e. The van der Waals surface area contributed by atoms with Gasteiger partial charge in [0, 0.05) is 13.1 Å². The van der Waals surface area contributed by atoms with Gasteiger partial charge in [0.15, 0.2) is 0 Å². The standard InChI is InChI=1S/C22H22FN3O3/c23-17-5-3-4-16(12-17)13-20(27)25-10-8-22(29,9-11-25)14-26-15-24-19-7-2-1-6-18(19)21(26)28/h1-7,12,15,29H,8-11,13-14H2. The number of nitrogens with zero attached hydrogens (tertiary/aromatic N) is 3. The summed E-state index contributed by atoms with van der Waals surface area (Å²) in [4.78, 5) is 31.1. The second kappa shape index (κ2) is 7.75. The Balaban J connectivity index is 1.41. The maximum absolute atomic E-state index is 13.3. The van der Waals surface area contributed by atoms with Crippen LogP contribution in [-0.2, 0) is 17.8 Å². The summed E-state index contributed by atoms with van der Waals surface area (Å²) in [5.41, 5.74) is -0.0133. The molecule has 1 saturated heterocycles. The minimum absolute atomic E-state index is 0.0952. The van der Waals surface area contributed by atoms with Crippen molar-refractivity contribution in [1.29, 1.82) is 0 Å². The Morgan fingerprint density at radius 1 is 1.14 bits per heavy atom. The molecule has 6 nitrogen and oxygen atoms in total. The number of benzene rings is 2. The Bertz CT molecular complexity index is 1100. The van der Waals surface area contributed by atoms with E-state index in [0.717, 1.165) is 0 Å². The number of fused-ring (bicyclic) bond motifs is 1. The lowest BCUT2D eigenvalue weighted by Gasteiger charge is -2.38. The Hall–Kier alpha value is -3.06. The van der Waals surface area contributed by atoms with Crippen molar-refractivity contribution in [2.75, 3.05) is 13.1 Å². The smallest absolute Gasteiger partial charge is 0.261 e. The van der Waals surface area contributed by atoms with E-state index in [2.05, 4.69) is 4.98 Å². The summed E-state index contributed by atoms with van der Waals surface area (Å²) in [5, 5.41) is 11.5. The number of aromatic nitrogens is 2. The molecule has 0 bridgehead atoms. The predicted molar refractivity (Wildman–Crippen MR) is 107 cm³/mol. The number of rotatable bonds is 4. The van der Waals surface area contributed by atoms with Crippen molar-refractivity contribution in [2.45, 2.75) is 31.4 Å². The van der Waals surface area contributed by atoms with Gasteiger partial charge >= 0.3 is 0 Å². The van der Waals surface area contributed by atoms with Crippen LogP contribution < -0.4 is 5.56 Å². The summed E-state index contributed by atoms with van der Waals surface area (Å²) in [7, 11) is 0. The van der Waals surface area contributed by atoms with Gasteiger partial charge in [0.1, 0.15) is 5.82 Å². The van der Waals surface area contributed by atoms with Gasteiger partial charge in [-0.05, 0) is 42.7 Å². The first-order valence-corrected chi connectivity index (χ1v) is 9.62. The normalized spacial score (nSPS) is 16.1. The van der Waals surface area contributed by atoms with Crippen molar-refractivity contribution in [3.05, 3.63) is 76.6 Å². The number of piperidine rings is 1. The van der Waals surface area contributed by atoms with E-state index >= 15 is 0 Å². The Morgan fingerprint density at radius 2 is 1.90 bits per heavy atom. The first-order chi connectivity index (χ1) is 13.9. The van der Waals surface area contributed by atoms with E-state index in [9.17, 15) is 19.1 Å². The molecule has 1 aromatic heterocycles. The fourth-order valence-electron chi connectivity index (χ4n) is 3.80. The Kier molecular flexibility index (Phi) is 5.15. The van der Waals surface area contributed by atoms with Gasteiger partial charge in [0.25, 0.3) is 5.56 Å². The second-order valence-electron chi connectivity index (χ2n) is 7.61. The predicted octanol–water partition coefficient (Wildman–Crippen LogP) is 2.13. The molecule has 0 aliphatic carbocycles. The third kappa shape index (κ3) is 4.19. The molecule has 4 rings (SSSR count). The van der Waals surface area contributed by atoms with Crippen LogP contribution in [-0.4, -0.2) is 44.2 Å². The average Bonchev–Trinajstić information content (AvgIpc) is 2.71. The van der Waals surface area contributed by atoms with Gasteiger partial charge in [-0.25, -0.2) is 9.37 Å². The number of amides is 1. The van der Waals surface area contributed by atoms with Crippen LogP contribution in [0.15, 0.2) is 59.7 Å². The van der Waals surface area contributed by atoms with Crippen LogP contribution in [0.2, 0.25) is 0 Å². The fraction of sp³-hybridized carbons (Fsp3) is 0.318. The zero-order chi connectivity index (χ0) is 20.4. The molecular weight excluding hydrogens is 373 g/mol. The highest BCUT2D eigenvalue weighted by molar-refractivity contribution is 5.79. The largest absolute Gasteiger partial charge is 0.388 e. The number of halogens is 1. The second-order valence-corrected chi connectivity index (χ2v) is 7.61. The molecule has 0 unspecified atom stereocenters. The molecule has 2 heterocycles. The lowest BCUT2D eigenvalue weighted by atomic mass is 9.91. The summed E-state index contributed by atoms with van der Waals surface area (Å²) < 4.78 is 14.7. The van der Waals surface area contributed by atoms with Gasteiger partial charge in [-0.1, -0.05) is 24.3 Å². The summed E-state index contributed by atoms with van der Waals surface area (Å²) in [6, 6.07) is 13.1. The van der Waals surface area contributed by atoms with Crippen molar-refractivity contribution >= 4 is 16.8 Å². The Morgan fingerprint density at radius 3 is 2.66 bits per heavy atom. The van der Waals surface area contributed by atoms with E-state index in [0.29, 0.717) is 42.4 Å². The van der Waals surface area contributed by atoms with Gasteiger partial charge in [-0.3, -0.25) is 14.2 Å². The van der Waals surface area contributed by atoms with E-state index in [1.54, 1.807) is 35.2 Å². The van der Waals surface area contributed by atoms with E-state index < -0.39 is 5.60 Å².